The first-order valence-electron chi connectivity index (χ1n) is 5.87. The van der Waals surface area contributed by atoms with Gasteiger partial charge in [0.15, 0.2) is 0 Å². The minimum atomic E-state index is 0.853. The fourth-order valence-corrected chi connectivity index (χ4v) is 2.10. The second-order valence-electron chi connectivity index (χ2n) is 4.68. The van der Waals surface area contributed by atoms with Gasteiger partial charge in [-0.25, -0.2) is 0 Å². The molecule has 0 saturated heterocycles. The molecule has 2 aromatic carbocycles. The zero-order valence-corrected chi connectivity index (χ0v) is 11.3. The third-order valence-corrected chi connectivity index (χ3v) is 3.62. The summed E-state index contributed by atoms with van der Waals surface area (Å²) in [6.07, 6.45) is 0.946. The fraction of sp³-hybridized carbons (Fsp3) is 0.250. The molecule has 0 saturated carbocycles. The van der Waals surface area contributed by atoms with Gasteiger partial charge < -0.3 is 0 Å². The maximum atomic E-state index is 6.14. The van der Waals surface area contributed by atoms with Crippen LogP contribution in [0.4, 0.5) is 0 Å². The van der Waals surface area contributed by atoms with Crippen molar-refractivity contribution < 1.29 is 0 Å². The van der Waals surface area contributed by atoms with Gasteiger partial charge in [0, 0.05) is 5.02 Å². The maximum absolute atomic E-state index is 6.14. The van der Waals surface area contributed by atoms with Crippen molar-refractivity contribution in [2.24, 2.45) is 0 Å². The van der Waals surface area contributed by atoms with Crippen molar-refractivity contribution in [3.63, 3.8) is 0 Å². The Morgan fingerprint density at radius 3 is 1.94 bits per heavy atom. The van der Waals surface area contributed by atoms with Crippen LogP contribution in [0.1, 0.15) is 27.8 Å². The summed E-state index contributed by atoms with van der Waals surface area (Å²) in [5.41, 5.74) is 6.43. The molecule has 0 amide bonds. The number of rotatable bonds is 2. The average Bonchev–Trinajstić information content (AvgIpc) is 2.29. The zero-order chi connectivity index (χ0) is 12.4. The van der Waals surface area contributed by atoms with Gasteiger partial charge >= 0.3 is 0 Å². The molecule has 2 rings (SSSR count). The van der Waals surface area contributed by atoms with Crippen molar-refractivity contribution in [1.82, 2.24) is 0 Å². The Morgan fingerprint density at radius 2 is 1.35 bits per heavy atom. The Kier molecular flexibility index (Phi) is 3.54. The van der Waals surface area contributed by atoms with E-state index in [0.29, 0.717) is 0 Å². The Bertz CT molecular complexity index is 492. The molecule has 0 N–H and O–H groups in total. The molecule has 0 nitrogen and oxygen atoms in total. The summed E-state index contributed by atoms with van der Waals surface area (Å²) >= 11 is 6.14. The number of benzene rings is 2. The molecule has 0 spiro atoms. The Morgan fingerprint density at radius 1 is 0.765 bits per heavy atom. The largest absolute Gasteiger partial charge is 0.0840 e. The summed E-state index contributed by atoms with van der Waals surface area (Å²) in [5.74, 6) is 0. The van der Waals surface area contributed by atoms with Gasteiger partial charge in [-0.2, -0.15) is 0 Å². The second kappa shape index (κ2) is 4.93. The van der Waals surface area contributed by atoms with E-state index in [9.17, 15) is 0 Å². The summed E-state index contributed by atoms with van der Waals surface area (Å²) in [5, 5.41) is 0.853. The number of hydrogen-bond acceptors (Lipinski definition) is 0. The Hall–Kier alpha value is -1.27. The lowest BCUT2D eigenvalue weighted by atomic mass is 10.00. The number of aryl methyl sites for hydroxylation is 3. The molecule has 0 fully saturated rings. The van der Waals surface area contributed by atoms with Crippen LogP contribution in [0, 0.1) is 20.8 Å². The molecule has 17 heavy (non-hydrogen) atoms. The monoisotopic (exact) mass is 244 g/mol. The van der Waals surface area contributed by atoms with E-state index in [1.807, 2.05) is 6.92 Å². The maximum Gasteiger partial charge on any atom is 0.0438 e. The first kappa shape index (κ1) is 12.2. The molecule has 2 aromatic rings. The van der Waals surface area contributed by atoms with Crippen LogP contribution in [0.25, 0.3) is 0 Å². The van der Waals surface area contributed by atoms with E-state index in [2.05, 4.69) is 50.2 Å². The third kappa shape index (κ3) is 2.89. The predicted octanol–water partition coefficient (Wildman–Crippen LogP) is 4.86. The Labute approximate surface area is 108 Å². The summed E-state index contributed by atoms with van der Waals surface area (Å²) < 4.78 is 0. The van der Waals surface area contributed by atoms with E-state index in [0.717, 1.165) is 17.0 Å². The summed E-state index contributed by atoms with van der Waals surface area (Å²) in [7, 11) is 0. The van der Waals surface area contributed by atoms with Crippen LogP contribution in [0.2, 0.25) is 5.02 Å². The highest BCUT2D eigenvalue weighted by Gasteiger charge is 2.01. The minimum absolute atomic E-state index is 0.853. The van der Waals surface area contributed by atoms with Gasteiger partial charge in [0.05, 0.1) is 0 Å². The van der Waals surface area contributed by atoms with Crippen molar-refractivity contribution in [1.29, 1.82) is 0 Å². The quantitative estimate of drug-likeness (QED) is 0.708. The lowest BCUT2D eigenvalue weighted by Gasteiger charge is -2.07. The normalized spacial score (nSPS) is 10.6. The van der Waals surface area contributed by atoms with Crippen molar-refractivity contribution in [3.05, 3.63) is 69.2 Å². The number of hydrogen-bond donors (Lipinski definition) is 0. The van der Waals surface area contributed by atoms with Gasteiger partial charge in [0.1, 0.15) is 0 Å². The molecule has 0 heterocycles. The van der Waals surface area contributed by atoms with Gasteiger partial charge in [0.25, 0.3) is 0 Å². The first-order valence-corrected chi connectivity index (χ1v) is 6.25. The summed E-state index contributed by atoms with van der Waals surface area (Å²) in [6.45, 7) is 6.32. The van der Waals surface area contributed by atoms with E-state index in [4.69, 9.17) is 11.6 Å². The molecule has 0 atom stereocenters. The van der Waals surface area contributed by atoms with Gasteiger partial charge in [0.2, 0.25) is 0 Å². The van der Waals surface area contributed by atoms with E-state index < -0.39 is 0 Å². The molecule has 0 bridgehead atoms. The van der Waals surface area contributed by atoms with Gasteiger partial charge in [-0.3, -0.25) is 0 Å². The van der Waals surface area contributed by atoms with Crippen molar-refractivity contribution in [2.45, 2.75) is 27.2 Å². The lowest BCUT2D eigenvalue weighted by Crippen LogP contribution is -1.91. The second-order valence-corrected chi connectivity index (χ2v) is 5.09. The van der Waals surface area contributed by atoms with Crippen LogP contribution < -0.4 is 0 Å². The Balaban J connectivity index is 2.25. The van der Waals surface area contributed by atoms with Crippen molar-refractivity contribution in [3.8, 4) is 0 Å². The van der Waals surface area contributed by atoms with Crippen LogP contribution >= 0.6 is 11.6 Å². The summed E-state index contributed by atoms with van der Waals surface area (Å²) in [6, 6.07) is 12.9. The summed E-state index contributed by atoms with van der Waals surface area (Å²) in [4.78, 5) is 0. The number of halogens is 1. The average molecular weight is 245 g/mol. The molecule has 0 aromatic heterocycles. The standard InChI is InChI=1S/C16H17Cl/c1-11-4-6-14(8-13(11)3)9-15-7-5-12(2)16(17)10-15/h4-8,10H,9H2,1-3H3. The van der Waals surface area contributed by atoms with E-state index in [1.54, 1.807) is 0 Å². The molecule has 1 heteroatoms. The minimum Gasteiger partial charge on any atom is -0.0840 e. The molecule has 0 aliphatic heterocycles. The van der Waals surface area contributed by atoms with Crippen LogP contribution in [0.3, 0.4) is 0 Å². The zero-order valence-electron chi connectivity index (χ0n) is 10.5. The first-order chi connectivity index (χ1) is 8.06. The molecule has 0 aliphatic carbocycles. The van der Waals surface area contributed by atoms with E-state index in [1.165, 1.54) is 22.3 Å². The molecule has 0 unspecified atom stereocenters. The van der Waals surface area contributed by atoms with Crippen molar-refractivity contribution in [2.75, 3.05) is 0 Å². The van der Waals surface area contributed by atoms with Gasteiger partial charge in [-0.05, 0) is 61.1 Å². The fourth-order valence-electron chi connectivity index (χ4n) is 1.90. The molecular formula is C16H17Cl. The highest BCUT2D eigenvalue weighted by Crippen LogP contribution is 2.20. The van der Waals surface area contributed by atoms with Crippen LogP contribution in [0.15, 0.2) is 36.4 Å². The van der Waals surface area contributed by atoms with Gasteiger partial charge in [-0.15, -0.1) is 0 Å². The molecule has 0 aliphatic rings. The van der Waals surface area contributed by atoms with E-state index >= 15 is 0 Å². The third-order valence-electron chi connectivity index (χ3n) is 3.22. The smallest absolute Gasteiger partial charge is 0.0438 e. The molecular weight excluding hydrogens is 228 g/mol. The van der Waals surface area contributed by atoms with Crippen LogP contribution in [0.5, 0.6) is 0 Å². The highest BCUT2D eigenvalue weighted by atomic mass is 35.5. The highest BCUT2D eigenvalue weighted by molar-refractivity contribution is 6.31. The van der Waals surface area contributed by atoms with Crippen LogP contribution in [-0.4, -0.2) is 0 Å². The molecule has 88 valence electrons. The molecule has 0 radical (unpaired) electrons. The van der Waals surface area contributed by atoms with Crippen LogP contribution in [-0.2, 0) is 6.42 Å². The van der Waals surface area contributed by atoms with E-state index in [-0.39, 0.29) is 0 Å². The van der Waals surface area contributed by atoms with Gasteiger partial charge in [-0.1, -0.05) is 41.9 Å². The lowest BCUT2D eigenvalue weighted by molar-refractivity contribution is 1.16. The SMILES string of the molecule is Cc1ccc(Cc2ccc(C)c(Cl)c2)cc1C. The predicted molar refractivity (Wildman–Crippen MR) is 74.9 cm³/mol. The topological polar surface area (TPSA) is 0 Å². The van der Waals surface area contributed by atoms with Crippen molar-refractivity contribution >= 4 is 11.6 Å².